The molecule has 0 saturated carbocycles. The highest BCUT2D eigenvalue weighted by molar-refractivity contribution is 7.19. The van der Waals surface area contributed by atoms with E-state index in [2.05, 4.69) is 316 Å². The Balaban J connectivity index is 0.995. The van der Waals surface area contributed by atoms with E-state index in [0.29, 0.717) is 0 Å². The maximum absolute atomic E-state index is 7.66. The molecule has 0 unspecified atom stereocenters. The summed E-state index contributed by atoms with van der Waals surface area (Å²) in [5.74, 6) is 0. The van der Waals surface area contributed by atoms with Crippen molar-refractivity contribution in [3.63, 3.8) is 0 Å². The number of anilines is 6. The molecule has 2 aliphatic heterocycles. The van der Waals surface area contributed by atoms with Crippen LogP contribution in [0.25, 0.3) is 33.2 Å². The second kappa shape index (κ2) is 19.6. The number of hydrogen-bond donors (Lipinski definition) is 0. The zero-order valence-corrected chi connectivity index (χ0v) is 51.7. The summed E-state index contributed by atoms with van der Waals surface area (Å²) in [4.78, 5) is 5.16. The van der Waals surface area contributed by atoms with Crippen LogP contribution in [0.1, 0.15) is 110 Å². The van der Waals surface area contributed by atoms with Crippen LogP contribution in [0.4, 0.5) is 34.1 Å². The van der Waals surface area contributed by atoms with Gasteiger partial charge in [-0.05, 0) is 172 Å². The number of rotatable bonds is 8. The smallest absolute Gasteiger partial charge is 0.297 e. The summed E-state index contributed by atoms with van der Waals surface area (Å²) in [5.41, 5.74) is 22.8. The molecule has 0 saturated heterocycles. The Hall–Kier alpha value is -8.38. The molecule has 0 fully saturated rings. The van der Waals surface area contributed by atoms with E-state index in [1.165, 1.54) is 104 Å². The van der Waals surface area contributed by atoms with Crippen LogP contribution in [0, 0.1) is 6.92 Å². The zero-order valence-electron chi connectivity index (χ0n) is 50.7. The van der Waals surface area contributed by atoms with Crippen LogP contribution in [-0.2, 0) is 21.7 Å². The molecule has 14 rings (SSSR count). The lowest BCUT2D eigenvalue weighted by molar-refractivity contribution is 0.332. The van der Waals surface area contributed by atoms with E-state index in [0.717, 1.165) is 41.1 Å². The van der Waals surface area contributed by atoms with Crippen molar-refractivity contribution in [1.29, 1.82) is 0 Å². The van der Waals surface area contributed by atoms with Gasteiger partial charge in [0.05, 0.1) is 17.0 Å². The van der Waals surface area contributed by atoms with Gasteiger partial charge in [-0.3, -0.25) is 0 Å². The highest BCUT2D eigenvalue weighted by Gasteiger charge is 2.49. The Kier molecular flexibility index (Phi) is 12.5. The second-order valence-electron chi connectivity index (χ2n) is 27.6. The molecule has 3 heterocycles. The minimum Gasteiger partial charge on any atom is -0.468 e. The van der Waals surface area contributed by atoms with Crippen LogP contribution in [0.5, 0.6) is 0 Å². The number of fused-ring (bicyclic) bond motifs is 7. The summed E-state index contributed by atoms with van der Waals surface area (Å²) in [7, 11) is -2.72. The summed E-state index contributed by atoms with van der Waals surface area (Å²) in [6.07, 6.45) is 2.28. The Morgan fingerprint density at radius 2 is 0.929 bits per heavy atom. The normalized spacial score (nSPS) is 15.1. The maximum Gasteiger partial charge on any atom is 0.297 e. The first-order valence-electron chi connectivity index (χ1n) is 30.4. The Morgan fingerprint density at radius 1 is 0.440 bits per heavy atom. The number of furan rings is 1. The average molecular weight is 1110 g/mol. The lowest BCUT2D eigenvalue weighted by Crippen LogP contribution is -2.74. The molecule has 0 radical (unpaired) electrons. The van der Waals surface area contributed by atoms with Gasteiger partial charge < -0.3 is 14.2 Å². The molecule has 84 heavy (non-hydrogen) atoms. The Labute approximate surface area is 499 Å². The fourth-order valence-electron chi connectivity index (χ4n) is 14.5. The lowest BCUT2D eigenvalue weighted by Gasteiger charge is -2.44. The van der Waals surface area contributed by atoms with Crippen molar-refractivity contribution >= 4 is 97.2 Å². The molecule has 5 heteroatoms. The Morgan fingerprint density at radius 3 is 1.49 bits per heavy atom. The molecular weight excluding hydrogens is 1030 g/mol. The van der Waals surface area contributed by atoms with Crippen molar-refractivity contribution in [2.24, 2.45) is 0 Å². The minimum absolute atomic E-state index is 0.00393. The van der Waals surface area contributed by atoms with E-state index in [1.54, 1.807) is 0 Å². The van der Waals surface area contributed by atoms with E-state index < -0.39 is 8.07 Å². The quantitative estimate of drug-likeness (QED) is 0.112. The average Bonchev–Trinajstić information content (AvgIpc) is 1.47. The largest absolute Gasteiger partial charge is 0.468 e. The van der Waals surface area contributed by atoms with Crippen molar-refractivity contribution < 1.29 is 4.42 Å². The van der Waals surface area contributed by atoms with Crippen molar-refractivity contribution in [3.05, 3.63) is 258 Å². The molecule has 3 aliphatic rings. The maximum atomic E-state index is 7.66. The van der Waals surface area contributed by atoms with Gasteiger partial charge in [-0.1, -0.05) is 245 Å². The van der Waals surface area contributed by atoms with Gasteiger partial charge in [0.2, 0.25) is 0 Å². The predicted octanol–water partition coefficient (Wildman–Crippen LogP) is 16.5. The van der Waals surface area contributed by atoms with Crippen molar-refractivity contribution in [1.82, 2.24) is 0 Å². The van der Waals surface area contributed by atoms with Gasteiger partial charge in [-0.2, -0.15) is 0 Å². The minimum atomic E-state index is -2.72. The number of aryl methyl sites for hydroxylation is 1. The first-order chi connectivity index (χ1) is 40.3. The topological polar surface area (TPSA) is 19.6 Å². The molecule has 0 N–H and O–H groups in total. The lowest BCUT2D eigenvalue weighted by atomic mass is 9.35. The second-order valence-corrected chi connectivity index (χ2v) is 31.5. The number of nitrogens with zero attached hydrogens (tertiary/aromatic N) is 2. The number of hydrogen-bond acceptors (Lipinski definition) is 3. The highest BCUT2D eigenvalue weighted by atomic mass is 28.3. The summed E-state index contributed by atoms with van der Waals surface area (Å²) < 4.78 is 7.66. The first-order valence-corrected chi connectivity index (χ1v) is 32.4. The molecule has 0 bridgehead atoms. The van der Waals surface area contributed by atoms with E-state index >= 15 is 0 Å². The molecule has 10 aromatic carbocycles. The van der Waals surface area contributed by atoms with Gasteiger partial charge in [0.15, 0.2) is 8.07 Å². The van der Waals surface area contributed by atoms with E-state index in [-0.39, 0.29) is 28.4 Å². The van der Waals surface area contributed by atoms with Gasteiger partial charge in [0.25, 0.3) is 6.71 Å². The highest BCUT2D eigenvalue weighted by Crippen LogP contribution is 2.53. The third kappa shape index (κ3) is 8.59. The van der Waals surface area contributed by atoms with E-state index in [1.807, 2.05) is 0 Å². The first kappa shape index (κ1) is 53.6. The van der Waals surface area contributed by atoms with Crippen LogP contribution in [0.3, 0.4) is 0 Å². The molecule has 0 amide bonds. The third-order valence-electron chi connectivity index (χ3n) is 19.2. The molecule has 3 nitrogen and oxygen atoms in total. The predicted molar refractivity (Wildman–Crippen MR) is 362 cm³/mol. The molecule has 414 valence electrons. The Bertz CT molecular complexity index is 4220. The van der Waals surface area contributed by atoms with Gasteiger partial charge in [0.1, 0.15) is 5.58 Å². The van der Waals surface area contributed by atoms with Crippen molar-refractivity contribution in [2.45, 2.75) is 111 Å². The van der Waals surface area contributed by atoms with Crippen LogP contribution in [-0.4, -0.2) is 14.8 Å². The van der Waals surface area contributed by atoms with Crippen LogP contribution in [0.15, 0.2) is 235 Å². The standard InChI is InChI=1S/C79H75BN2OSi/c1-52-46-70-73-71(47-52)82(68-42-34-55(48-63(68)54-24-16-12-17-25-54)53-32-40-62(41-33-53)84(59-26-18-13-19-27-59,60-28-20-14-21-29-60)61-30-22-15-23-31-61)69-43-37-57(77(5,6)7)49-67(69)80(73)75-74(81(70)58-38-35-56(36-39-58)76(2,3)4)64-50-65-66(51-72(64)83-75)79(10,11)45-44-78(65,8)9/h12-43,46-51H,44-45H2,1-11H3. The van der Waals surface area contributed by atoms with E-state index in [4.69, 9.17) is 4.42 Å². The van der Waals surface area contributed by atoms with Crippen LogP contribution in [0.2, 0.25) is 0 Å². The van der Waals surface area contributed by atoms with Crippen molar-refractivity contribution in [3.8, 4) is 22.3 Å². The van der Waals surface area contributed by atoms with Gasteiger partial charge in [-0.15, -0.1) is 0 Å². The fourth-order valence-corrected chi connectivity index (χ4v) is 19.3. The summed E-state index contributed by atoms with van der Waals surface area (Å²) >= 11 is 0. The summed E-state index contributed by atoms with van der Waals surface area (Å²) in [6.45, 7) is 25.8. The van der Waals surface area contributed by atoms with E-state index in [9.17, 15) is 0 Å². The molecular formula is C79H75BN2OSi. The zero-order chi connectivity index (χ0) is 58.1. The monoisotopic (exact) mass is 1110 g/mol. The number of benzene rings is 10. The molecule has 0 atom stereocenters. The third-order valence-corrected chi connectivity index (χ3v) is 24.0. The SMILES string of the molecule is Cc1cc2c3c(c1)N(c1ccc(C(C)(C)C)cc1)c1c(oc4cc5c(cc14)C(C)(C)CCC5(C)C)B3c1cc(C(C)(C)C)ccc1N2c1ccc(-c2ccc([Si](c3ccccc3)(c3ccccc3)c3ccccc3)cc2)cc1-c1ccccc1. The van der Waals surface area contributed by atoms with Crippen molar-refractivity contribution in [2.75, 3.05) is 9.80 Å². The summed E-state index contributed by atoms with van der Waals surface area (Å²) in [5, 5.41) is 6.64. The van der Waals surface area contributed by atoms with Crippen LogP contribution < -0.4 is 47.1 Å². The van der Waals surface area contributed by atoms with Crippen LogP contribution >= 0.6 is 0 Å². The molecule has 1 aromatic heterocycles. The van der Waals surface area contributed by atoms with Gasteiger partial charge >= 0.3 is 0 Å². The molecule has 1 aliphatic carbocycles. The molecule has 0 spiro atoms. The molecule has 11 aromatic rings. The summed E-state index contributed by atoms with van der Waals surface area (Å²) in [6, 6.07) is 88.0. The fraction of sp³-hybridized carbons (Fsp3) is 0.215. The van der Waals surface area contributed by atoms with Gasteiger partial charge in [-0.25, -0.2) is 0 Å². The van der Waals surface area contributed by atoms with Gasteiger partial charge in [0, 0.05) is 33.7 Å².